The summed E-state index contributed by atoms with van der Waals surface area (Å²) in [6.07, 6.45) is 1.81. The van der Waals surface area contributed by atoms with Crippen LogP contribution in [0.15, 0.2) is 47.5 Å². The molecular formula is C21H27N5O2. The number of nitrogens with two attached hydrogens (primary N) is 2. The summed E-state index contributed by atoms with van der Waals surface area (Å²) in [6.45, 7) is 4.41. The fraction of sp³-hybridized carbons (Fsp3) is 0.286. The van der Waals surface area contributed by atoms with Crippen LogP contribution in [0.25, 0.3) is 0 Å². The van der Waals surface area contributed by atoms with Crippen molar-refractivity contribution in [3.05, 3.63) is 64.7 Å². The molecule has 6 N–H and O–H groups in total. The van der Waals surface area contributed by atoms with Gasteiger partial charge in [-0.1, -0.05) is 44.2 Å². The molecule has 0 aliphatic carbocycles. The zero-order valence-electron chi connectivity index (χ0n) is 16.3. The van der Waals surface area contributed by atoms with E-state index in [1.807, 2.05) is 0 Å². The second kappa shape index (κ2) is 10.1. The Hall–Kier alpha value is -3.35. The molecular weight excluding hydrogens is 354 g/mol. The molecule has 0 saturated carbocycles. The van der Waals surface area contributed by atoms with Crippen molar-refractivity contribution in [2.45, 2.75) is 33.2 Å². The Bertz CT molecular complexity index is 837. The van der Waals surface area contributed by atoms with E-state index in [2.05, 4.69) is 47.7 Å². The predicted molar refractivity (Wildman–Crippen MR) is 112 cm³/mol. The van der Waals surface area contributed by atoms with E-state index >= 15 is 0 Å². The van der Waals surface area contributed by atoms with Crippen LogP contribution in [0.4, 0.5) is 5.69 Å². The number of nitrogens with one attached hydrogen (secondary N) is 2. The number of carbonyl (C=O) groups excluding carboxylic acids is 2. The number of nitrogens with zero attached hydrogens (tertiary/aromatic N) is 1. The summed E-state index contributed by atoms with van der Waals surface area (Å²) in [6, 6.07) is 13.2. The van der Waals surface area contributed by atoms with Crippen molar-refractivity contribution in [2.24, 2.45) is 16.5 Å². The van der Waals surface area contributed by atoms with Gasteiger partial charge in [0.2, 0.25) is 5.91 Å². The molecule has 2 aromatic carbocycles. The molecule has 0 heterocycles. The molecule has 0 aliphatic rings. The molecule has 0 atom stereocenters. The summed E-state index contributed by atoms with van der Waals surface area (Å²) in [4.78, 5) is 27.0. The highest BCUT2D eigenvalue weighted by Crippen LogP contribution is 2.22. The van der Waals surface area contributed by atoms with Crippen molar-refractivity contribution in [1.29, 1.82) is 0 Å². The van der Waals surface area contributed by atoms with Crippen molar-refractivity contribution < 1.29 is 9.59 Å². The summed E-state index contributed by atoms with van der Waals surface area (Å²) in [5, 5.41) is 5.67. The summed E-state index contributed by atoms with van der Waals surface area (Å²) < 4.78 is 0. The second-order valence-electron chi connectivity index (χ2n) is 6.33. The topological polar surface area (TPSA) is 123 Å². The molecule has 28 heavy (non-hydrogen) atoms. The molecule has 0 aromatic heterocycles. The van der Waals surface area contributed by atoms with E-state index < -0.39 is 5.91 Å². The summed E-state index contributed by atoms with van der Waals surface area (Å²) in [7, 11) is 0. The lowest BCUT2D eigenvalue weighted by Gasteiger charge is -2.14. The molecule has 2 amide bonds. The van der Waals surface area contributed by atoms with E-state index in [-0.39, 0.29) is 12.5 Å². The fourth-order valence-corrected chi connectivity index (χ4v) is 2.78. The Kier molecular flexibility index (Phi) is 7.56. The third kappa shape index (κ3) is 5.84. The minimum atomic E-state index is -0.585. The highest BCUT2D eigenvalue weighted by atomic mass is 16.2. The Balaban J connectivity index is 2.02. The number of benzene rings is 2. The van der Waals surface area contributed by atoms with Crippen molar-refractivity contribution in [3.63, 3.8) is 0 Å². The Morgan fingerprint density at radius 2 is 1.57 bits per heavy atom. The first kappa shape index (κ1) is 21.0. The van der Waals surface area contributed by atoms with Gasteiger partial charge in [0.15, 0.2) is 5.96 Å². The smallest absolute Gasteiger partial charge is 0.251 e. The van der Waals surface area contributed by atoms with Crippen LogP contribution in [0, 0.1) is 0 Å². The SMILES string of the molecule is CCc1cccc(CC)c1NC(N)=NCc1ccc(C(=O)NCC(N)=O)cc1. The first-order chi connectivity index (χ1) is 13.4. The molecule has 7 nitrogen and oxygen atoms in total. The van der Waals surface area contributed by atoms with Gasteiger partial charge in [0.25, 0.3) is 5.91 Å². The molecule has 2 aromatic rings. The van der Waals surface area contributed by atoms with Crippen LogP contribution >= 0.6 is 0 Å². The van der Waals surface area contributed by atoms with Crippen molar-refractivity contribution in [3.8, 4) is 0 Å². The molecule has 0 saturated heterocycles. The standard InChI is InChI=1S/C21H27N5O2/c1-3-15-6-5-7-16(4-2)19(15)26-21(23)25-12-14-8-10-17(11-9-14)20(28)24-13-18(22)27/h5-11H,3-4,12-13H2,1-2H3,(H2,22,27)(H,24,28)(H3,23,25,26). The number of guanidine groups is 1. The Morgan fingerprint density at radius 3 is 2.11 bits per heavy atom. The van der Waals surface area contributed by atoms with Crippen LogP contribution in [-0.2, 0) is 24.2 Å². The maximum atomic E-state index is 11.9. The maximum absolute atomic E-state index is 11.9. The zero-order valence-corrected chi connectivity index (χ0v) is 16.3. The van der Waals surface area contributed by atoms with Crippen LogP contribution in [0.3, 0.4) is 0 Å². The number of aryl methyl sites for hydroxylation is 2. The number of anilines is 1. The van der Waals surface area contributed by atoms with Gasteiger partial charge in [-0.2, -0.15) is 0 Å². The summed E-state index contributed by atoms with van der Waals surface area (Å²) in [5.41, 5.74) is 15.9. The van der Waals surface area contributed by atoms with Gasteiger partial charge >= 0.3 is 0 Å². The predicted octanol–water partition coefficient (Wildman–Crippen LogP) is 1.95. The van der Waals surface area contributed by atoms with Crippen LogP contribution in [0.1, 0.15) is 40.9 Å². The van der Waals surface area contributed by atoms with Gasteiger partial charge in [0, 0.05) is 11.3 Å². The highest BCUT2D eigenvalue weighted by Gasteiger charge is 2.08. The first-order valence-corrected chi connectivity index (χ1v) is 9.27. The normalized spacial score (nSPS) is 11.1. The van der Waals surface area contributed by atoms with Gasteiger partial charge in [-0.15, -0.1) is 0 Å². The third-order valence-corrected chi connectivity index (χ3v) is 4.32. The molecule has 148 valence electrons. The number of para-hydroxylation sites is 1. The number of hydrogen-bond donors (Lipinski definition) is 4. The van der Waals surface area contributed by atoms with Gasteiger partial charge in [-0.25, -0.2) is 4.99 Å². The van der Waals surface area contributed by atoms with Crippen LogP contribution in [0.2, 0.25) is 0 Å². The molecule has 0 bridgehead atoms. The number of carbonyl (C=O) groups is 2. The van der Waals surface area contributed by atoms with Crippen LogP contribution in [-0.4, -0.2) is 24.3 Å². The Morgan fingerprint density at radius 1 is 0.964 bits per heavy atom. The number of aliphatic imine (C=N–C) groups is 1. The summed E-state index contributed by atoms with van der Waals surface area (Å²) >= 11 is 0. The molecule has 2 rings (SSSR count). The average molecular weight is 381 g/mol. The first-order valence-electron chi connectivity index (χ1n) is 9.27. The quantitative estimate of drug-likeness (QED) is 0.412. The van der Waals surface area contributed by atoms with E-state index in [0.717, 1.165) is 24.1 Å². The summed E-state index contributed by atoms with van der Waals surface area (Å²) in [5.74, 6) is -0.588. The van der Waals surface area contributed by atoms with E-state index in [9.17, 15) is 9.59 Å². The van der Waals surface area contributed by atoms with Gasteiger partial charge in [0.1, 0.15) is 0 Å². The lowest BCUT2D eigenvalue weighted by molar-refractivity contribution is -0.117. The molecule has 0 fully saturated rings. The molecule has 0 unspecified atom stereocenters. The van der Waals surface area contributed by atoms with Gasteiger partial charge in [0.05, 0.1) is 13.1 Å². The van der Waals surface area contributed by atoms with Gasteiger partial charge < -0.3 is 22.1 Å². The number of amides is 2. The van der Waals surface area contributed by atoms with Crippen molar-refractivity contribution in [1.82, 2.24) is 5.32 Å². The van der Waals surface area contributed by atoms with Crippen LogP contribution in [0.5, 0.6) is 0 Å². The third-order valence-electron chi connectivity index (χ3n) is 4.32. The van der Waals surface area contributed by atoms with E-state index in [0.29, 0.717) is 18.1 Å². The molecule has 0 radical (unpaired) electrons. The lowest BCUT2D eigenvalue weighted by atomic mass is 10.0. The maximum Gasteiger partial charge on any atom is 0.251 e. The zero-order chi connectivity index (χ0) is 20.5. The molecule has 7 heteroatoms. The van der Waals surface area contributed by atoms with Crippen molar-refractivity contribution in [2.75, 3.05) is 11.9 Å². The Labute approximate surface area is 165 Å². The monoisotopic (exact) mass is 381 g/mol. The average Bonchev–Trinajstić information content (AvgIpc) is 2.71. The van der Waals surface area contributed by atoms with E-state index in [1.54, 1.807) is 24.3 Å². The molecule has 0 spiro atoms. The number of hydrogen-bond acceptors (Lipinski definition) is 3. The lowest BCUT2D eigenvalue weighted by Crippen LogP contribution is -2.33. The fourth-order valence-electron chi connectivity index (χ4n) is 2.78. The second-order valence-corrected chi connectivity index (χ2v) is 6.33. The number of rotatable bonds is 8. The van der Waals surface area contributed by atoms with E-state index in [4.69, 9.17) is 11.5 Å². The van der Waals surface area contributed by atoms with Gasteiger partial charge in [-0.05, 0) is 41.7 Å². The number of primary amides is 1. The van der Waals surface area contributed by atoms with E-state index in [1.165, 1.54) is 11.1 Å². The molecule has 0 aliphatic heterocycles. The van der Waals surface area contributed by atoms with Gasteiger partial charge in [-0.3, -0.25) is 9.59 Å². The van der Waals surface area contributed by atoms with Crippen molar-refractivity contribution >= 4 is 23.5 Å². The van der Waals surface area contributed by atoms with Crippen LogP contribution < -0.4 is 22.1 Å². The highest BCUT2D eigenvalue weighted by molar-refractivity contribution is 5.96. The largest absolute Gasteiger partial charge is 0.370 e. The minimum Gasteiger partial charge on any atom is -0.370 e. The minimum absolute atomic E-state index is 0.188.